The average molecular weight is 244 g/mol. The van der Waals surface area contributed by atoms with Crippen LogP contribution in [0, 0.1) is 5.82 Å². The summed E-state index contributed by atoms with van der Waals surface area (Å²) in [5.74, 6) is -1.09. The monoisotopic (exact) mass is 244 g/mol. The molecule has 0 aliphatic heterocycles. The minimum atomic E-state index is -1.36. The van der Waals surface area contributed by atoms with E-state index < -0.39 is 12.1 Å². The second kappa shape index (κ2) is 5.86. The molecule has 16 heavy (non-hydrogen) atoms. The number of halogens is 1. The zero-order valence-corrected chi connectivity index (χ0v) is 9.88. The molecule has 1 atom stereocenters. The molecule has 0 radical (unpaired) electrons. The Labute approximate surface area is 97.6 Å². The Morgan fingerprint density at radius 3 is 2.88 bits per heavy atom. The molecule has 0 fully saturated rings. The highest BCUT2D eigenvalue weighted by Gasteiger charge is 2.19. The van der Waals surface area contributed by atoms with Gasteiger partial charge >= 0.3 is 5.97 Å². The van der Waals surface area contributed by atoms with Gasteiger partial charge in [0.25, 0.3) is 0 Å². The van der Waals surface area contributed by atoms with Crippen LogP contribution < -0.4 is 0 Å². The summed E-state index contributed by atoms with van der Waals surface area (Å²) in [5.41, 5.74) is 0.337. The molecule has 1 rings (SSSR count). The van der Waals surface area contributed by atoms with Crippen molar-refractivity contribution in [1.29, 1.82) is 0 Å². The van der Waals surface area contributed by atoms with Crippen molar-refractivity contribution in [3.8, 4) is 0 Å². The highest BCUT2D eigenvalue weighted by atomic mass is 32.2. The second-order valence-electron chi connectivity index (χ2n) is 3.05. The fourth-order valence-electron chi connectivity index (χ4n) is 1.20. The third-order valence-corrected chi connectivity index (χ3v) is 2.75. The Morgan fingerprint density at radius 1 is 1.62 bits per heavy atom. The van der Waals surface area contributed by atoms with Gasteiger partial charge in [-0.25, -0.2) is 9.18 Å². The molecule has 3 nitrogen and oxygen atoms in total. The van der Waals surface area contributed by atoms with Gasteiger partial charge in [-0.1, -0.05) is 6.07 Å². The van der Waals surface area contributed by atoms with E-state index in [4.69, 9.17) is 0 Å². The van der Waals surface area contributed by atoms with E-state index in [1.165, 1.54) is 30.0 Å². The minimum absolute atomic E-state index is 0.201. The number of esters is 1. The van der Waals surface area contributed by atoms with Gasteiger partial charge in [0.1, 0.15) is 5.82 Å². The van der Waals surface area contributed by atoms with Gasteiger partial charge < -0.3 is 9.84 Å². The van der Waals surface area contributed by atoms with Crippen molar-refractivity contribution in [2.24, 2.45) is 0 Å². The largest absolute Gasteiger partial charge is 0.464 e. The predicted molar refractivity (Wildman–Crippen MR) is 59.8 cm³/mol. The van der Waals surface area contributed by atoms with Crippen LogP contribution in [0.3, 0.4) is 0 Å². The van der Waals surface area contributed by atoms with E-state index >= 15 is 0 Å². The van der Waals surface area contributed by atoms with Gasteiger partial charge in [-0.15, -0.1) is 11.8 Å². The van der Waals surface area contributed by atoms with E-state index in [0.29, 0.717) is 10.5 Å². The van der Waals surface area contributed by atoms with Crippen molar-refractivity contribution >= 4 is 17.7 Å². The highest BCUT2D eigenvalue weighted by molar-refractivity contribution is 7.98. The number of thioether (sulfide) groups is 1. The molecule has 1 aromatic rings. The van der Waals surface area contributed by atoms with E-state index in [1.54, 1.807) is 13.2 Å². The van der Waals surface area contributed by atoms with Gasteiger partial charge in [-0.3, -0.25) is 0 Å². The molecule has 0 saturated heterocycles. The first-order valence-corrected chi connectivity index (χ1v) is 6.00. The lowest BCUT2D eigenvalue weighted by atomic mass is 10.1. The lowest BCUT2D eigenvalue weighted by Gasteiger charge is -2.11. The van der Waals surface area contributed by atoms with Crippen molar-refractivity contribution < 1.29 is 19.0 Å². The van der Waals surface area contributed by atoms with Crippen molar-refractivity contribution in [2.75, 3.05) is 12.9 Å². The fourth-order valence-corrected chi connectivity index (χ4v) is 1.72. The van der Waals surface area contributed by atoms with Crippen molar-refractivity contribution in [3.05, 3.63) is 29.6 Å². The Bertz CT molecular complexity index is 381. The lowest BCUT2D eigenvalue weighted by molar-refractivity contribution is -0.153. The first-order chi connectivity index (χ1) is 7.60. The molecule has 0 aliphatic carbocycles. The zero-order valence-electron chi connectivity index (χ0n) is 9.07. The maximum Gasteiger partial charge on any atom is 0.339 e. The molecular weight excluding hydrogens is 231 g/mol. The molecule has 0 bridgehead atoms. The quantitative estimate of drug-likeness (QED) is 0.651. The second-order valence-corrected chi connectivity index (χ2v) is 3.90. The summed E-state index contributed by atoms with van der Waals surface area (Å²) in [6, 6.07) is 4.04. The molecule has 0 aliphatic rings. The van der Waals surface area contributed by atoms with E-state index in [2.05, 4.69) is 4.74 Å². The Morgan fingerprint density at radius 2 is 2.31 bits per heavy atom. The van der Waals surface area contributed by atoms with E-state index in [-0.39, 0.29) is 12.4 Å². The van der Waals surface area contributed by atoms with E-state index in [1.807, 2.05) is 0 Å². The van der Waals surface area contributed by atoms with Gasteiger partial charge in [-0.05, 0) is 30.9 Å². The molecule has 0 aromatic heterocycles. The smallest absolute Gasteiger partial charge is 0.339 e. The zero-order chi connectivity index (χ0) is 12.1. The predicted octanol–water partition coefficient (Wildman–Crippen LogP) is 2.14. The van der Waals surface area contributed by atoms with Crippen LogP contribution in [0.25, 0.3) is 0 Å². The number of benzene rings is 1. The average Bonchev–Trinajstić information content (AvgIpc) is 2.29. The van der Waals surface area contributed by atoms with Crippen LogP contribution in [0.4, 0.5) is 4.39 Å². The van der Waals surface area contributed by atoms with Gasteiger partial charge in [0.15, 0.2) is 6.10 Å². The van der Waals surface area contributed by atoms with Crippen LogP contribution in [-0.4, -0.2) is 23.9 Å². The molecule has 0 amide bonds. The number of carbonyl (C=O) groups is 1. The van der Waals surface area contributed by atoms with Crippen LogP contribution in [-0.2, 0) is 9.53 Å². The summed E-state index contributed by atoms with van der Waals surface area (Å²) in [5, 5.41) is 9.62. The van der Waals surface area contributed by atoms with Gasteiger partial charge in [0.05, 0.1) is 6.61 Å². The number of hydrogen-bond acceptors (Lipinski definition) is 4. The first-order valence-electron chi connectivity index (χ1n) is 4.78. The van der Waals surface area contributed by atoms with Crippen LogP contribution >= 0.6 is 11.8 Å². The van der Waals surface area contributed by atoms with Gasteiger partial charge in [0.2, 0.25) is 0 Å². The fraction of sp³-hybridized carbons (Fsp3) is 0.364. The third kappa shape index (κ3) is 2.96. The summed E-state index contributed by atoms with van der Waals surface area (Å²) < 4.78 is 17.8. The van der Waals surface area contributed by atoms with Crippen LogP contribution in [0.1, 0.15) is 18.6 Å². The topological polar surface area (TPSA) is 46.5 Å². The summed E-state index contributed by atoms with van der Waals surface area (Å²) in [6.45, 7) is 1.86. The molecule has 0 saturated carbocycles. The van der Waals surface area contributed by atoms with Gasteiger partial charge in [0, 0.05) is 4.90 Å². The highest BCUT2D eigenvalue weighted by Crippen LogP contribution is 2.24. The molecule has 0 spiro atoms. The van der Waals surface area contributed by atoms with Gasteiger partial charge in [-0.2, -0.15) is 0 Å². The SMILES string of the molecule is CCOC(=O)C(O)c1ccc(F)c(SC)c1. The number of aliphatic hydroxyl groups is 1. The summed E-state index contributed by atoms with van der Waals surface area (Å²) >= 11 is 1.21. The summed E-state index contributed by atoms with van der Waals surface area (Å²) in [4.78, 5) is 11.6. The molecule has 0 heterocycles. The summed E-state index contributed by atoms with van der Waals surface area (Å²) in [7, 11) is 0. The molecule has 5 heteroatoms. The maximum absolute atomic E-state index is 13.2. The first kappa shape index (κ1) is 13.0. The Balaban J connectivity index is 2.91. The normalized spacial score (nSPS) is 12.2. The van der Waals surface area contributed by atoms with Crippen molar-refractivity contribution in [3.63, 3.8) is 0 Å². The summed E-state index contributed by atoms with van der Waals surface area (Å²) in [6.07, 6.45) is 0.366. The maximum atomic E-state index is 13.2. The van der Waals surface area contributed by atoms with Crippen molar-refractivity contribution in [2.45, 2.75) is 17.9 Å². The Kier molecular flexibility index (Phi) is 4.76. The van der Waals surface area contributed by atoms with E-state index in [0.717, 1.165) is 0 Å². The van der Waals surface area contributed by atoms with Crippen LogP contribution in [0.5, 0.6) is 0 Å². The van der Waals surface area contributed by atoms with E-state index in [9.17, 15) is 14.3 Å². The molecule has 1 aromatic carbocycles. The third-order valence-electron chi connectivity index (χ3n) is 2.00. The minimum Gasteiger partial charge on any atom is -0.464 e. The lowest BCUT2D eigenvalue weighted by Crippen LogP contribution is -2.15. The molecule has 1 N–H and O–H groups in total. The molecule has 1 unspecified atom stereocenters. The molecule has 88 valence electrons. The number of carbonyl (C=O) groups excluding carboxylic acids is 1. The standard InChI is InChI=1S/C11H13FO3S/c1-3-15-11(14)10(13)7-4-5-8(12)9(6-7)16-2/h4-6,10,13H,3H2,1-2H3. The molecular formula is C11H13FO3S. The van der Waals surface area contributed by atoms with Crippen molar-refractivity contribution in [1.82, 2.24) is 0 Å². The number of hydrogen-bond donors (Lipinski definition) is 1. The number of aliphatic hydroxyl groups excluding tert-OH is 1. The van der Waals surface area contributed by atoms with Crippen LogP contribution in [0.2, 0.25) is 0 Å². The number of ether oxygens (including phenoxy) is 1. The van der Waals surface area contributed by atoms with Crippen LogP contribution in [0.15, 0.2) is 23.1 Å². The Hall–Kier alpha value is -1.07. The number of rotatable bonds is 4.